The Morgan fingerprint density at radius 2 is 2.11 bits per heavy atom. The zero-order valence-electron chi connectivity index (χ0n) is 16.3. The largest absolute Gasteiger partial charge is 0.476 e. The third-order valence-electron chi connectivity index (χ3n) is 5.04. The molecule has 152 valence electrons. The second-order valence-corrected chi connectivity index (χ2v) is 7.83. The number of ether oxygens (including phenoxy) is 1. The fourth-order valence-corrected chi connectivity index (χ4v) is 3.22. The minimum Gasteiger partial charge on any atom is -0.476 e. The lowest BCUT2D eigenvalue weighted by molar-refractivity contribution is -0.139. The van der Waals surface area contributed by atoms with Gasteiger partial charge in [-0.2, -0.15) is 13.2 Å². The van der Waals surface area contributed by atoms with Crippen molar-refractivity contribution >= 4 is 5.91 Å². The molecule has 5 nitrogen and oxygen atoms in total. The van der Waals surface area contributed by atoms with Crippen molar-refractivity contribution in [3.05, 3.63) is 23.9 Å². The average molecular weight is 387 g/mol. The number of halogens is 3. The van der Waals surface area contributed by atoms with Crippen molar-refractivity contribution in [3.8, 4) is 5.88 Å². The minimum atomic E-state index is -4.56. The lowest BCUT2D eigenvalue weighted by atomic mass is 9.87. The quantitative estimate of drug-likeness (QED) is 0.813. The third kappa shape index (κ3) is 5.57. The number of amides is 1. The van der Waals surface area contributed by atoms with Gasteiger partial charge >= 0.3 is 6.18 Å². The van der Waals surface area contributed by atoms with Crippen LogP contribution in [0.1, 0.15) is 39.2 Å². The van der Waals surface area contributed by atoms with Gasteiger partial charge < -0.3 is 15.0 Å². The van der Waals surface area contributed by atoms with Gasteiger partial charge in [0.1, 0.15) is 12.2 Å². The van der Waals surface area contributed by atoms with Crippen molar-refractivity contribution in [2.24, 2.45) is 11.3 Å². The molecule has 1 aliphatic heterocycles. The zero-order chi connectivity index (χ0) is 20.2. The fraction of sp³-hybridized carbons (Fsp3) is 0.684. The lowest BCUT2D eigenvalue weighted by Crippen LogP contribution is -2.53. The van der Waals surface area contributed by atoms with E-state index >= 15 is 0 Å². The molecule has 1 N–H and O–H groups in total. The summed E-state index contributed by atoms with van der Waals surface area (Å²) in [6.07, 6.45) is -1.51. The van der Waals surface area contributed by atoms with Gasteiger partial charge in [0.2, 0.25) is 11.8 Å². The molecule has 2 heterocycles. The fourth-order valence-electron chi connectivity index (χ4n) is 3.22. The van der Waals surface area contributed by atoms with Crippen LogP contribution in [0.4, 0.5) is 13.2 Å². The van der Waals surface area contributed by atoms with E-state index in [2.05, 4.69) is 29.2 Å². The van der Waals surface area contributed by atoms with Crippen molar-refractivity contribution in [2.75, 3.05) is 26.7 Å². The van der Waals surface area contributed by atoms with Gasteiger partial charge in [0.25, 0.3) is 0 Å². The second kappa shape index (κ2) is 8.46. The van der Waals surface area contributed by atoms with E-state index in [9.17, 15) is 18.0 Å². The molecule has 1 amide bonds. The lowest BCUT2D eigenvalue weighted by Gasteiger charge is -2.38. The van der Waals surface area contributed by atoms with Crippen LogP contribution in [0.25, 0.3) is 0 Å². The molecule has 2 rings (SSSR count). The highest BCUT2D eigenvalue weighted by Gasteiger charge is 2.37. The SMILES string of the molecule is CC[C@H]1CN(C)CC[C@@H]1NC(=O)C(C)(C)COc1ncccc1C(F)(F)F. The average Bonchev–Trinajstić information content (AvgIpc) is 2.60. The molecule has 0 spiro atoms. The van der Waals surface area contributed by atoms with Gasteiger partial charge in [-0.05, 0) is 51.9 Å². The molecule has 2 atom stereocenters. The monoisotopic (exact) mass is 387 g/mol. The summed E-state index contributed by atoms with van der Waals surface area (Å²) in [5.41, 5.74) is -1.93. The number of rotatable bonds is 6. The summed E-state index contributed by atoms with van der Waals surface area (Å²) in [5, 5.41) is 3.07. The van der Waals surface area contributed by atoms with Crippen molar-refractivity contribution < 1.29 is 22.7 Å². The van der Waals surface area contributed by atoms with E-state index in [-0.39, 0.29) is 18.6 Å². The maximum Gasteiger partial charge on any atom is 0.421 e. The summed E-state index contributed by atoms with van der Waals surface area (Å²) < 4.78 is 44.4. The van der Waals surface area contributed by atoms with E-state index in [0.29, 0.717) is 5.92 Å². The summed E-state index contributed by atoms with van der Waals surface area (Å²) in [6, 6.07) is 2.19. The maximum absolute atomic E-state index is 13.0. The summed E-state index contributed by atoms with van der Waals surface area (Å²) in [6.45, 7) is 7.05. The molecule has 1 aliphatic rings. The normalized spacial score (nSPS) is 21.7. The number of alkyl halides is 3. The van der Waals surface area contributed by atoms with Gasteiger partial charge in [0, 0.05) is 18.8 Å². The first-order valence-corrected chi connectivity index (χ1v) is 9.19. The van der Waals surface area contributed by atoms with Crippen LogP contribution in [0.15, 0.2) is 18.3 Å². The molecule has 0 saturated carbocycles. The number of carbonyl (C=O) groups excluding carboxylic acids is 1. The van der Waals surface area contributed by atoms with Crippen molar-refractivity contribution in [3.63, 3.8) is 0 Å². The zero-order valence-corrected chi connectivity index (χ0v) is 16.3. The molecule has 0 radical (unpaired) electrons. The van der Waals surface area contributed by atoms with E-state index in [1.54, 1.807) is 13.8 Å². The number of hydrogen-bond acceptors (Lipinski definition) is 4. The van der Waals surface area contributed by atoms with Crippen molar-refractivity contribution in [2.45, 2.75) is 45.8 Å². The van der Waals surface area contributed by atoms with Gasteiger partial charge in [0.05, 0.1) is 5.41 Å². The first-order valence-electron chi connectivity index (χ1n) is 9.19. The highest BCUT2D eigenvalue weighted by atomic mass is 19.4. The Labute approximate surface area is 158 Å². The van der Waals surface area contributed by atoms with E-state index in [0.717, 1.165) is 32.0 Å². The topological polar surface area (TPSA) is 54.5 Å². The molecule has 1 aromatic heterocycles. The summed E-state index contributed by atoms with van der Waals surface area (Å²) in [5.74, 6) is -0.367. The highest BCUT2D eigenvalue weighted by molar-refractivity contribution is 5.82. The summed E-state index contributed by atoms with van der Waals surface area (Å²) >= 11 is 0. The number of hydrogen-bond donors (Lipinski definition) is 1. The first-order chi connectivity index (χ1) is 12.5. The second-order valence-electron chi connectivity index (χ2n) is 7.83. The Morgan fingerprint density at radius 1 is 1.41 bits per heavy atom. The van der Waals surface area contributed by atoms with Crippen LogP contribution in [-0.4, -0.2) is 48.6 Å². The van der Waals surface area contributed by atoms with Crippen LogP contribution in [0.2, 0.25) is 0 Å². The maximum atomic E-state index is 13.0. The number of piperidine rings is 1. The predicted octanol–water partition coefficient (Wildman–Crippen LogP) is 3.35. The first kappa shape index (κ1) is 21.5. The molecule has 27 heavy (non-hydrogen) atoms. The number of carbonyl (C=O) groups is 1. The molecule has 1 aromatic rings. The number of pyridine rings is 1. The molecule has 8 heteroatoms. The highest BCUT2D eigenvalue weighted by Crippen LogP contribution is 2.35. The smallest absolute Gasteiger partial charge is 0.421 e. The van der Waals surface area contributed by atoms with Crippen molar-refractivity contribution in [1.29, 1.82) is 0 Å². The standard InChI is InChI=1S/C19H28F3N3O2/c1-5-13-11-25(4)10-8-15(13)24-17(26)18(2,3)12-27-16-14(19(20,21)22)7-6-9-23-16/h6-7,9,13,15H,5,8,10-12H2,1-4H3,(H,24,26)/t13-,15-/m0/s1. The Bertz CT molecular complexity index is 649. The molecule has 0 aromatic carbocycles. The Kier molecular flexibility index (Phi) is 6.72. The third-order valence-corrected chi connectivity index (χ3v) is 5.04. The molecular formula is C19H28F3N3O2. The Hall–Kier alpha value is -1.83. The number of nitrogens with one attached hydrogen (secondary N) is 1. The molecule has 0 unspecified atom stereocenters. The van der Waals surface area contributed by atoms with Gasteiger partial charge in [0.15, 0.2) is 0 Å². The summed E-state index contributed by atoms with van der Waals surface area (Å²) in [4.78, 5) is 18.7. The predicted molar refractivity (Wildman–Crippen MR) is 96.3 cm³/mol. The molecule has 0 bridgehead atoms. The molecule has 1 fully saturated rings. The van der Waals surface area contributed by atoms with Crippen LogP contribution in [-0.2, 0) is 11.0 Å². The number of likely N-dealkylation sites (tertiary alicyclic amines) is 1. The number of nitrogens with zero attached hydrogens (tertiary/aromatic N) is 2. The Balaban J connectivity index is 2.01. The van der Waals surface area contributed by atoms with E-state index in [1.165, 1.54) is 12.3 Å². The molecule has 0 aliphatic carbocycles. The van der Waals surface area contributed by atoms with E-state index < -0.39 is 23.0 Å². The van der Waals surface area contributed by atoms with Crippen LogP contribution < -0.4 is 10.1 Å². The van der Waals surface area contributed by atoms with Gasteiger partial charge in [-0.3, -0.25) is 4.79 Å². The Morgan fingerprint density at radius 3 is 2.74 bits per heavy atom. The van der Waals surface area contributed by atoms with Crippen LogP contribution >= 0.6 is 0 Å². The molecular weight excluding hydrogens is 359 g/mol. The van der Waals surface area contributed by atoms with Crippen molar-refractivity contribution in [1.82, 2.24) is 15.2 Å². The minimum absolute atomic E-state index is 0.0681. The van der Waals surface area contributed by atoms with E-state index in [4.69, 9.17) is 4.74 Å². The van der Waals surface area contributed by atoms with Crippen LogP contribution in [0, 0.1) is 11.3 Å². The van der Waals surface area contributed by atoms with Gasteiger partial charge in [-0.1, -0.05) is 13.3 Å². The van der Waals surface area contributed by atoms with Gasteiger partial charge in [-0.15, -0.1) is 0 Å². The number of aromatic nitrogens is 1. The molecule has 1 saturated heterocycles. The van der Waals surface area contributed by atoms with Crippen LogP contribution in [0.5, 0.6) is 5.88 Å². The van der Waals surface area contributed by atoms with Crippen LogP contribution in [0.3, 0.4) is 0 Å². The van der Waals surface area contributed by atoms with Gasteiger partial charge in [-0.25, -0.2) is 4.98 Å². The van der Waals surface area contributed by atoms with E-state index in [1.807, 2.05) is 0 Å². The summed E-state index contributed by atoms with van der Waals surface area (Å²) in [7, 11) is 2.06.